The number of aliphatic hydroxyl groups excluding tert-OH is 2. The SMILES string of the molecule is CC(=O)OC(C)C=CC(=O)N[C@@H]1C[C@H](C)[C@H](C/C=C(C)/C=C/[C@H]2O[C@H](CC(=O)NC3CC(O)C3)C[C@@]3(CO3)[C@@H]2O)O[C@@H]1C. The molecule has 1 saturated carbocycles. The maximum Gasteiger partial charge on any atom is 0.303 e. The van der Waals surface area contributed by atoms with Crippen molar-refractivity contribution >= 4 is 17.8 Å². The number of carbonyl (C=O) groups excluding carboxylic acids is 3. The predicted molar refractivity (Wildman–Crippen MR) is 158 cm³/mol. The molecule has 3 saturated heterocycles. The third-order valence-corrected chi connectivity index (χ3v) is 8.82. The van der Waals surface area contributed by atoms with Gasteiger partial charge in [-0.3, -0.25) is 14.4 Å². The summed E-state index contributed by atoms with van der Waals surface area (Å²) in [5.41, 5.74) is 0.336. The fourth-order valence-electron chi connectivity index (χ4n) is 6.09. The molecule has 9 atom stereocenters. The zero-order chi connectivity index (χ0) is 31.3. The Morgan fingerprint density at radius 2 is 1.79 bits per heavy atom. The standard InChI is InChI=1S/C32H48N2O9/c1-18(6-9-27-19(2)12-26(21(4)42-27)34-29(37)11-8-20(3)41-22(5)35)7-10-28-31(39)32(17-40-32)16-25(43-28)15-30(38)33-23-13-24(36)14-23/h6-8,10-11,19-21,23-28,31,36,39H,9,12-17H2,1-5H3,(H,33,38)(H,34,37)/b10-7+,11-8?,18-6+/t19-,20?,21+,23?,24?,25+,26+,27-,28+,31+,32+/m0/s1. The highest BCUT2D eigenvalue weighted by Gasteiger charge is 2.58. The molecular weight excluding hydrogens is 556 g/mol. The zero-order valence-electron chi connectivity index (χ0n) is 25.9. The van der Waals surface area contributed by atoms with Gasteiger partial charge in [-0.1, -0.05) is 30.7 Å². The smallest absolute Gasteiger partial charge is 0.303 e. The average molecular weight is 605 g/mol. The van der Waals surface area contributed by atoms with E-state index in [9.17, 15) is 24.6 Å². The Kier molecular flexibility index (Phi) is 11.2. The minimum absolute atomic E-state index is 0.00893. The van der Waals surface area contributed by atoms with Crippen molar-refractivity contribution in [1.82, 2.24) is 10.6 Å². The van der Waals surface area contributed by atoms with Gasteiger partial charge in [0.25, 0.3) is 0 Å². The number of nitrogens with one attached hydrogen (secondary N) is 2. The maximum absolute atomic E-state index is 12.5. The molecule has 240 valence electrons. The number of aliphatic hydroxyl groups is 2. The van der Waals surface area contributed by atoms with Crippen molar-refractivity contribution in [2.75, 3.05) is 6.61 Å². The second kappa shape index (κ2) is 14.5. The lowest BCUT2D eigenvalue weighted by molar-refractivity contribution is -0.146. The van der Waals surface area contributed by atoms with E-state index in [0.29, 0.717) is 32.3 Å². The summed E-state index contributed by atoms with van der Waals surface area (Å²) in [6.45, 7) is 9.51. The molecule has 0 radical (unpaired) electrons. The number of esters is 1. The van der Waals surface area contributed by atoms with Crippen LogP contribution < -0.4 is 10.6 Å². The van der Waals surface area contributed by atoms with Crippen LogP contribution in [-0.2, 0) is 33.3 Å². The molecule has 1 spiro atoms. The largest absolute Gasteiger partial charge is 0.459 e. The molecule has 0 aromatic heterocycles. The molecule has 3 heterocycles. The van der Waals surface area contributed by atoms with Crippen molar-refractivity contribution in [3.8, 4) is 0 Å². The van der Waals surface area contributed by atoms with Crippen molar-refractivity contribution in [2.45, 2.75) is 134 Å². The second-order valence-electron chi connectivity index (χ2n) is 12.7. The molecule has 2 amide bonds. The van der Waals surface area contributed by atoms with Crippen LogP contribution in [0.25, 0.3) is 0 Å². The summed E-state index contributed by atoms with van der Waals surface area (Å²) in [5.74, 6) is -0.554. The van der Waals surface area contributed by atoms with E-state index in [1.54, 1.807) is 13.0 Å². The van der Waals surface area contributed by atoms with E-state index in [-0.39, 0.29) is 60.7 Å². The number of amides is 2. The first kappa shape index (κ1) is 33.3. The topological polar surface area (TPSA) is 156 Å². The average Bonchev–Trinajstić information content (AvgIpc) is 3.68. The van der Waals surface area contributed by atoms with E-state index in [1.165, 1.54) is 13.0 Å². The minimum atomic E-state index is -0.813. The Morgan fingerprint density at radius 1 is 1.07 bits per heavy atom. The van der Waals surface area contributed by atoms with Gasteiger partial charge in [0.2, 0.25) is 11.8 Å². The van der Waals surface area contributed by atoms with Crippen LogP contribution in [0, 0.1) is 5.92 Å². The third-order valence-electron chi connectivity index (χ3n) is 8.82. The lowest BCUT2D eigenvalue weighted by Gasteiger charge is -2.39. The number of hydrogen-bond donors (Lipinski definition) is 4. The molecule has 0 aromatic carbocycles. The fraction of sp³-hybridized carbons (Fsp3) is 0.719. The summed E-state index contributed by atoms with van der Waals surface area (Å²) in [4.78, 5) is 35.9. The van der Waals surface area contributed by atoms with E-state index in [1.807, 2.05) is 26.0 Å². The van der Waals surface area contributed by atoms with Crippen LogP contribution in [0.2, 0.25) is 0 Å². The first-order valence-electron chi connectivity index (χ1n) is 15.4. The molecule has 3 aliphatic heterocycles. The van der Waals surface area contributed by atoms with Crippen LogP contribution in [0.3, 0.4) is 0 Å². The summed E-state index contributed by atoms with van der Waals surface area (Å²) in [6, 6.07) is -0.115. The van der Waals surface area contributed by atoms with Gasteiger partial charge < -0.3 is 39.8 Å². The molecule has 1 aliphatic carbocycles. The minimum Gasteiger partial charge on any atom is -0.459 e. The third kappa shape index (κ3) is 9.46. The Labute approximate surface area is 254 Å². The first-order chi connectivity index (χ1) is 20.3. The van der Waals surface area contributed by atoms with Gasteiger partial charge >= 0.3 is 5.97 Å². The van der Waals surface area contributed by atoms with Crippen molar-refractivity contribution in [3.63, 3.8) is 0 Å². The molecule has 4 aliphatic rings. The zero-order valence-corrected chi connectivity index (χ0v) is 25.9. The molecule has 11 nitrogen and oxygen atoms in total. The molecule has 4 fully saturated rings. The lowest BCUT2D eigenvalue weighted by Crippen LogP contribution is -2.52. The van der Waals surface area contributed by atoms with Crippen molar-refractivity contribution < 1.29 is 43.5 Å². The van der Waals surface area contributed by atoms with E-state index in [2.05, 4.69) is 23.6 Å². The van der Waals surface area contributed by atoms with Gasteiger partial charge in [-0.15, -0.1) is 0 Å². The van der Waals surface area contributed by atoms with Gasteiger partial charge in [-0.25, -0.2) is 0 Å². The van der Waals surface area contributed by atoms with Crippen LogP contribution in [0.5, 0.6) is 0 Å². The summed E-state index contributed by atoms with van der Waals surface area (Å²) in [5, 5.41) is 26.3. The van der Waals surface area contributed by atoms with E-state index in [4.69, 9.17) is 18.9 Å². The highest BCUT2D eigenvalue weighted by Crippen LogP contribution is 2.43. The first-order valence-corrected chi connectivity index (χ1v) is 15.4. The van der Waals surface area contributed by atoms with Crippen LogP contribution >= 0.6 is 0 Å². The van der Waals surface area contributed by atoms with Crippen molar-refractivity contribution in [3.05, 3.63) is 36.0 Å². The van der Waals surface area contributed by atoms with Crippen LogP contribution in [-0.4, -0.2) is 95.0 Å². The highest BCUT2D eigenvalue weighted by atomic mass is 16.6. The Hall–Kier alpha value is -2.57. The van der Waals surface area contributed by atoms with Crippen LogP contribution in [0.15, 0.2) is 36.0 Å². The van der Waals surface area contributed by atoms with Crippen LogP contribution in [0.4, 0.5) is 0 Å². The molecular formula is C32H48N2O9. The molecule has 0 aromatic rings. The number of rotatable bonds is 11. The summed E-state index contributed by atoms with van der Waals surface area (Å²) >= 11 is 0. The molecule has 0 bridgehead atoms. The number of carbonyl (C=O) groups is 3. The molecule has 11 heteroatoms. The summed E-state index contributed by atoms with van der Waals surface area (Å²) in [6.07, 6.45) is 9.31. The van der Waals surface area contributed by atoms with E-state index >= 15 is 0 Å². The monoisotopic (exact) mass is 604 g/mol. The number of ether oxygens (including phenoxy) is 4. The van der Waals surface area contributed by atoms with Gasteiger partial charge in [0.05, 0.1) is 43.5 Å². The van der Waals surface area contributed by atoms with Gasteiger partial charge in [0.15, 0.2) is 0 Å². The van der Waals surface area contributed by atoms with Crippen LogP contribution in [0.1, 0.15) is 73.1 Å². The van der Waals surface area contributed by atoms with Gasteiger partial charge in [-0.2, -0.15) is 0 Å². The number of hydrogen-bond acceptors (Lipinski definition) is 9. The molecule has 43 heavy (non-hydrogen) atoms. The predicted octanol–water partition coefficient (Wildman–Crippen LogP) is 2.00. The fourth-order valence-corrected chi connectivity index (χ4v) is 6.09. The number of epoxide rings is 1. The molecule has 1 unspecified atom stereocenters. The van der Waals surface area contributed by atoms with Gasteiger partial charge in [0, 0.05) is 25.5 Å². The Morgan fingerprint density at radius 3 is 2.44 bits per heavy atom. The second-order valence-corrected chi connectivity index (χ2v) is 12.7. The Bertz CT molecular complexity index is 1090. The molecule has 4 N–H and O–H groups in total. The van der Waals surface area contributed by atoms with Crippen molar-refractivity contribution in [1.29, 1.82) is 0 Å². The van der Waals surface area contributed by atoms with Gasteiger partial charge in [0.1, 0.15) is 23.9 Å². The number of allylic oxidation sites excluding steroid dienone is 2. The Balaban J connectivity index is 1.24. The van der Waals surface area contributed by atoms with Gasteiger partial charge in [-0.05, 0) is 58.4 Å². The quantitative estimate of drug-likeness (QED) is 0.120. The molecule has 4 rings (SSSR count). The normalized spacial score (nSPS) is 38.5. The van der Waals surface area contributed by atoms with Crippen molar-refractivity contribution in [2.24, 2.45) is 5.92 Å². The lowest BCUT2D eigenvalue weighted by atomic mass is 9.86. The summed E-state index contributed by atoms with van der Waals surface area (Å²) in [7, 11) is 0. The maximum atomic E-state index is 12.5. The summed E-state index contributed by atoms with van der Waals surface area (Å²) < 4.78 is 23.0. The van der Waals surface area contributed by atoms with E-state index in [0.717, 1.165) is 12.0 Å². The van der Waals surface area contributed by atoms with E-state index < -0.39 is 29.9 Å². The highest BCUT2D eigenvalue weighted by molar-refractivity contribution is 5.87.